The molecule has 0 unspecified atom stereocenters. The number of rotatable bonds is 7. The Bertz CT molecular complexity index is 638. The first-order valence-electron chi connectivity index (χ1n) is 7.78. The summed E-state index contributed by atoms with van der Waals surface area (Å²) in [6.07, 6.45) is 0.768. The molecule has 1 amide bonds. The van der Waals surface area contributed by atoms with Crippen molar-refractivity contribution in [2.24, 2.45) is 0 Å². The SMILES string of the molecule is CC(C)c1ccc(CCNC(=O)COc2cccc(F)c2)cc1. The van der Waals surface area contributed by atoms with E-state index in [0.29, 0.717) is 18.2 Å². The molecule has 3 nitrogen and oxygen atoms in total. The first-order valence-corrected chi connectivity index (χ1v) is 7.78. The maximum atomic E-state index is 13.0. The molecule has 0 fully saturated rings. The molecule has 0 spiro atoms. The molecular weight excluding hydrogens is 293 g/mol. The third-order valence-corrected chi connectivity index (χ3v) is 3.55. The largest absolute Gasteiger partial charge is 0.484 e. The Morgan fingerprint density at radius 1 is 1.17 bits per heavy atom. The predicted octanol–water partition coefficient (Wildman–Crippen LogP) is 3.69. The van der Waals surface area contributed by atoms with Crippen LogP contribution in [0.5, 0.6) is 5.75 Å². The minimum atomic E-state index is -0.382. The fourth-order valence-corrected chi connectivity index (χ4v) is 2.17. The van der Waals surface area contributed by atoms with Crippen LogP contribution < -0.4 is 10.1 Å². The molecule has 2 aromatic rings. The lowest BCUT2D eigenvalue weighted by Crippen LogP contribution is -2.30. The molecule has 0 aliphatic carbocycles. The van der Waals surface area contributed by atoms with Gasteiger partial charge < -0.3 is 10.1 Å². The first kappa shape index (κ1) is 17.0. The molecule has 0 atom stereocenters. The number of amides is 1. The van der Waals surface area contributed by atoms with Crippen molar-refractivity contribution in [2.45, 2.75) is 26.2 Å². The minimum Gasteiger partial charge on any atom is -0.484 e. The smallest absolute Gasteiger partial charge is 0.257 e. The zero-order chi connectivity index (χ0) is 16.7. The minimum absolute atomic E-state index is 0.115. The zero-order valence-corrected chi connectivity index (χ0v) is 13.5. The van der Waals surface area contributed by atoms with Gasteiger partial charge in [0.25, 0.3) is 5.91 Å². The Kier molecular flexibility index (Phi) is 6.15. The summed E-state index contributed by atoms with van der Waals surface area (Å²) >= 11 is 0. The van der Waals surface area contributed by atoms with Gasteiger partial charge in [-0.05, 0) is 35.6 Å². The molecule has 0 radical (unpaired) electrons. The Morgan fingerprint density at radius 3 is 2.57 bits per heavy atom. The molecule has 0 saturated carbocycles. The molecular formula is C19H22FNO2. The Balaban J connectivity index is 1.70. The van der Waals surface area contributed by atoms with Crippen molar-refractivity contribution >= 4 is 5.91 Å². The van der Waals surface area contributed by atoms with E-state index < -0.39 is 0 Å². The topological polar surface area (TPSA) is 38.3 Å². The summed E-state index contributed by atoms with van der Waals surface area (Å²) in [5.41, 5.74) is 2.49. The van der Waals surface area contributed by atoms with Crippen molar-refractivity contribution < 1.29 is 13.9 Å². The van der Waals surface area contributed by atoms with Crippen LogP contribution in [0, 0.1) is 5.82 Å². The fraction of sp³-hybridized carbons (Fsp3) is 0.316. The van der Waals surface area contributed by atoms with Gasteiger partial charge in [0.2, 0.25) is 0 Å². The number of carbonyl (C=O) groups excluding carboxylic acids is 1. The maximum Gasteiger partial charge on any atom is 0.257 e. The summed E-state index contributed by atoms with van der Waals surface area (Å²) in [5.74, 6) is 0.272. The van der Waals surface area contributed by atoms with Gasteiger partial charge >= 0.3 is 0 Å². The van der Waals surface area contributed by atoms with Crippen LogP contribution >= 0.6 is 0 Å². The average Bonchev–Trinajstić information content (AvgIpc) is 2.53. The second-order valence-corrected chi connectivity index (χ2v) is 5.74. The lowest BCUT2D eigenvalue weighted by Gasteiger charge is -2.09. The molecule has 0 saturated heterocycles. The van der Waals surface area contributed by atoms with Crippen LogP contribution in [-0.2, 0) is 11.2 Å². The quantitative estimate of drug-likeness (QED) is 0.846. The van der Waals surface area contributed by atoms with Crippen molar-refractivity contribution in [3.05, 3.63) is 65.5 Å². The highest BCUT2D eigenvalue weighted by molar-refractivity contribution is 5.77. The molecule has 0 heterocycles. The number of hydrogen-bond acceptors (Lipinski definition) is 2. The summed E-state index contributed by atoms with van der Waals surface area (Å²) in [6.45, 7) is 4.75. The standard InChI is InChI=1S/C19H22FNO2/c1-14(2)16-8-6-15(7-9-16)10-11-21-19(22)13-23-18-5-3-4-17(20)12-18/h3-9,12,14H,10-11,13H2,1-2H3,(H,21,22). The summed E-state index contributed by atoms with van der Waals surface area (Å²) in [7, 11) is 0. The number of carbonyl (C=O) groups is 1. The van der Waals surface area contributed by atoms with Crippen molar-refractivity contribution in [1.82, 2.24) is 5.32 Å². The highest BCUT2D eigenvalue weighted by Crippen LogP contribution is 2.14. The van der Waals surface area contributed by atoms with E-state index in [1.807, 2.05) is 0 Å². The van der Waals surface area contributed by atoms with Gasteiger partial charge in [-0.15, -0.1) is 0 Å². The van der Waals surface area contributed by atoms with Gasteiger partial charge in [0, 0.05) is 12.6 Å². The van der Waals surface area contributed by atoms with Gasteiger partial charge in [-0.1, -0.05) is 44.2 Å². The summed E-state index contributed by atoms with van der Waals surface area (Å²) < 4.78 is 18.2. The van der Waals surface area contributed by atoms with Crippen molar-refractivity contribution in [2.75, 3.05) is 13.2 Å². The van der Waals surface area contributed by atoms with Crippen molar-refractivity contribution in [3.63, 3.8) is 0 Å². The van der Waals surface area contributed by atoms with E-state index in [1.54, 1.807) is 12.1 Å². The molecule has 1 N–H and O–H groups in total. The highest BCUT2D eigenvalue weighted by Gasteiger charge is 2.04. The van der Waals surface area contributed by atoms with Crippen LogP contribution in [0.15, 0.2) is 48.5 Å². The van der Waals surface area contributed by atoms with Gasteiger partial charge in [-0.2, -0.15) is 0 Å². The summed E-state index contributed by atoms with van der Waals surface area (Å²) in [5, 5.41) is 2.80. The monoisotopic (exact) mass is 315 g/mol. The van der Waals surface area contributed by atoms with Crippen LogP contribution in [0.1, 0.15) is 30.9 Å². The van der Waals surface area contributed by atoms with E-state index in [4.69, 9.17) is 4.74 Å². The normalized spacial score (nSPS) is 10.6. The molecule has 23 heavy (non-hydrogen) atoms. The van der Waals surface area contributed by atoms with Gasteiger partial charge in [0.1, 0.15) is 11.6 Å². The Hall–Kier alpha value is -2.36. The second-order valence-electron chi connectivity index (χ2n) is 5.74. The van der Waals surface area contributed by atoms with Gasteiger partial charge in [-0.3, -0.25) is 4.79 Å². The van der Waals surface area contributed by atoms with E-state index >= 15 is 0 Å². The number of ether oxygens (including phenoxy) is 1. The maximum absolute atomic E-state index is 13.0. The Morgan fingerprint density at radius 2 is 1.91 bits per heavy atom. The van der Waals surface area contributed by atoms with E-state index in [-0.39, 0.29) is 18.3 Å². The van der Waals surface area contributed by atoms with Crippen molar-refractivity contribution in [3.8, 4) is 5.75 Å². The lowest BCUT2D eigenvalue weighted by molar-refractivity contribution is -0.123. The fourth-order valence-electron chi connectivity index (χ4n) is 2.17. The van der Waals surface area contributed by atoms with E-state index in [2.05, 4.69) is 43.4 Å². The van der Waals surface area contributed by atoms with Gasteiger partial charge in [0.15, 0.2) is 6.61 Å². The lowest BCUT2D eigenvalue weighted by atomic mass is 10.0. The predicted molar refractivity (Wildman–Crippen MR) is 89.1 cm³/mol. The number of halogens is 1. The molecule has 4 heteroatoms. The van der Waals surface area contributed by atoms with Crippen LogP contribution in [0.2, 0.25) is 0 Å². The highest BCUT2D eigenvalue weighted by atomic mass is 19.1. The van der Waals surface area contributed by atoms with Crippen LogP contribution in [0.4, 0.5) is 4.39 Å². The van der Waals surface area contributed by atoms with Crippen LogP contribution in [-0.4, -0.2) is 19.1 Å². The summed E-state index contributed by atoms with van der Waals surface area (Å²) in [6, 6.07) is 14.2. The first-order chi connectivity index (χ1) is 11.0. The molecule has 2 aromatic carbocycles. The third kappa shape index (κ3) is 5.74. The van der Waals surface area contributed by atoms with Gasteiger partial charge in [0.05, 0.1) is 0 Å². The molecule has 0 bridgehead atoms. The van der Waals surface area contributed by atoms with E-state index in [0.717, 1.165) is 6.42 Å². The van der Waals surface area contributed by atoms with Crippen LogP contribution in [0.25, 0.3) is 0 Å². The average molecular weight is 315 g/mol. The number of nitrogens with one attached hydrogen (secondary N) is 1. The molecule has 0 aliphatic rings. The zero-order valence-electron chi connectivity index (χ0n) is 13.5. The molecule has 2 rings (SSSR count). The number of hydrogen-bond donors (Lipinski definition) is 1. The summed E-state index contributed by atoms with van der Waals surface area (Å²) in [4.78, 5) is 11.7. The molecule has 122 valence electrons. The third-order valence-electron chi connectivity index (χ3n) is 3.55. The van der Waals surface area contributed by atoms with E-state index in [9.17, 15) is 9.18 Å². The van der Waals surface area contributed by atoms with Gasteiger partial charge in [-0.25, -0.2) is 4.39 Å². The van der Waals surface area contributed by atoms with Crippen molar-refractivity contribution in [1.29, 1.82) is 0 Å². The number of benzene rings is 2. The Labute approximate surface area is 136 Å². The second kappa shape index (κ2) is 8.32. The molecule has 0 aromatic heterocycles. The van der Waals surface area contributed by atoms with Crippen LogP contribution in [0.3, 0.4) is 0 Å². The van der Waals surface area contributed by atoms with E-state index in [1.165, 1.54) is 23.3 Å². The molecule has 0 aliphatic heterocycles.